The van der Waals surface area contributed by atoms with Gasteiger partial charge < -0.3 is 10.0 Å². The fourth-order valence-corrected chi connectivity index (χ4v) is 2.05. The molecule has 0 radical (unpaired) electrons. The number of allylic oxidation sites excluding steroid dienone is 2. The van der Waals surface area contributed by atoms with E-state index >= 15 is 0 Å². The van der Waals surface area contributed by atoms with E-state index in [0.717, 1.165) is 5.57 Å². The van der Waals surface area contributed by atoms with Crippen LogP contribution in [0, 0.1) is 5.92 Å². The molecule has 0 saturated carbocycles. The molecule has 1 aliphatic carbocycles. The summed E-state index contributed by atoms with van der Waals surface area (Å²) in [6, 6.07) is 0.388. The summed E-state index contributed by atoms with van der Waals surface area (Å²) in [5.41, 5.74) is 1.13. The summed E-state index contributed by atoms with van der Waals surface area (Å²) < 4.78 is 0. The summed E-state index contributed by atoms with van der Waals surface area (Å²) in [5.74, 6) is -0.270. The zero-order chi connectivity index (χ0) is 10.8. The van der Waals surface area contributed by atoms with Crippen LogP contribution in [0.2, 0.25) is 0 Å². The molecule has 0 aromatic heterocycles. The van der Waals surface area contributed by atoms with Crippen LogP contribution in [0.15, 0.2) is 36.1 Å². The summed E-state index contributed by atoms with van der Waals surface area (Å²) in [7, 11) is 2.05. The van der Waals surface area contributed by atoms with Gasteiger partial charge in [0.15, 0.2) is 0 Å². The summed E-state index contributed by atoms with van der Waals surface area (Å²) in [4.78, 5) is 12.6. The van der Waals surface area contributed by atoms with Crippen molar-refractivity contribution in [1.29, 1.82) is 0 Å². The van der Waals surface area contributed by atoms with Gasteiger partial charge >= 0.3 is 5.97 Å². The Kier molecular flexibility index (Phi) is 2.62. The highest BCUT2D eigenvalue weighted by atomic mass is 16.4. The molecule has 0 aromatic carbocycles. The van der Waals surface area contributed by atoms with Crippen molar-refractivity contribution >= 4 is 5.97 Å². The first-order valence-corrected chi connectivity index (χ1v) is 5.18. The molecule has 1 aliphatic heterocycles. The normalized spacial score (nSPS) is 27.8. The van der Waals surface area contributed by atoms with Gasteiger partial charge in [-0.3, -0.25) is 4.79 Å². The van der Waals surface area contributed by atoms with Crippen LogP contribution in [-0.2, 0) is 4.79 Å². The average molecular weight is 205 g/mol. The lowest BCUT2D eigenvalue weighted by molar-refractivity contribution is -0.136. The third-order valence-electron chi connectivity index (χ3n) is 2.95. The van der Waals surface area contributed by atoms with Gasteiger partial charge in [-0.05, 0) is 18.2 Å². The Hall–Kier alpha value is -1.51. The van der Waals surface area contributed by atoms with Gasteiger partial charge in [0.1, 0.15) is 0 Å². The number of hydrogen-bond acceptors (Lipinski definition) is 2. The molecule has 0 fully saturated rings. The predicted molar refractivity (Wildman–Crippen MR) is 58.3 cm³/mol. The van der Waals surface area contributed by atoms with Crippen LogP contribution >= 0.6 is 0 Å². The third-order valence-corrected chi connectivity index (χ3v) is 2.95. The molecule has 15 heavy (non-hydrogen) atoms. The molecule has 1 heterocycles. The molecule has 0 spiro atoms. The lowest BCUT2D eigenvalue weighted by Crippen LogP contribution is -2.27. The first-order chi connectivity index (χ1) is 7.16. The van der Waals surface area contributed by atoms with Crippen LogP contribution < -0.4 is 0 Å². The monoisotopic (exact) mass is 205 g/mol. The van der Waals surface area contributed by atoms with Crippen LogP contribution in [0.1, 0.15) is 12.8 Å². The number of carboxylic acids is 1. The Labute approximate surface area is 89.4 Å². The largest absolute Gasteiger partial charge is 0.481 e. The first-order valence-electron chi connectivity index (χ1n) is 5.18. The number of hydrogen-bond donors (Lipinski definition) is 1. The fourth-order valence-electron chi connectivity index (χ4n) is 2.05. The molecule has 0 amide bonds. The van der Waals surface area contributed by atoms with E-state index in [2.05, 4.69) is 29.3 Å². The van der Waals surface area contributed by atoms with E-state index in [0.29, 0.717) is 18.4 Å². The zero-order valence-corrected chi connectivity index (χ0v) is 8.76. The van der Waals surface area contributed by atoms with Gasteiger partial charge in [-0.25, -0.2) is 0 Å². The average Bonchev–Trinajstić information content (AvgIpc) is 2.57. The maximum absolute atomic E-state index is 10.5. The first kappa shape index (κ1) is 10.0. The predicted octanol–water partition coefficient (Wildman–Crippen LogP) is 1.79. The van der Waals surface area contributed by atoms with E-state index in [1.165, 1.54) is 0 Å². The Morgan fingerprint density at radius 1 is 1.53 bits per heavy atom. The number of carboxylic acid groups (broad SMARTS) is 1. The minimum Gasteiger partial charge on any atom is -0.481 e. The molecule has 0 saturated heterocycles. The molecule has 2 atom stereocenters. The van der Waals surface area contributed by atoms with E-state index in [1.807, 2.05) is 13.1 Å². The third kappa shape index (κ3) is 2.12. The lowest BCUT2D eigenvalue weighted by Gasteiger charge is -2.25. The highest BCUT2D eigenvalue weighted by Crippen LogP contribution is 2.28. The summed E-state index contributed by atoms with van der Waals surface area (Å²) in [5, 5.41) is 8.61. The van der Waals surface area contributed by atoms with Crippen LogP contribution in [0.25, 0.3) is 0 Å². The molecule has 3 nitrogen and oxygen atoms in total. The standard InChI is InChI=1S/C12H15NO2/c1-13-7-6-10-4-2-9(8-11(10)13)3-5-12(14)15/h2,4,6-8,10-11H,3,5H2,1H3,(H,14,15). The molecule has 2 unspecified atom stereocenters. The molecular weight excluding hydrogens is 190 g/mol. The number of aliphatic carboxylic acids is 1. The van der Waals surface area contributed by atoms with E-state index in [4.69, 9.17) is 5.11 Å². The molecule has 3 heteroatoms. The second kappa shape index (κ2) is 3.93. The van der Waals surface area contributed by atoms with Crippen LogP contribution in [0.5, 0.6) is 0 Å². The number of fused-ring (bicyclic) bond motifs is 1. The van der Waals surface area contributed by atoms with Crippen molar-refractivity contribution in [2.75, 3.05) is 7.05 Å². The van der Waals surface area contributed by atoms with Crippen molar-refractivity contribution < 1.29 is 9.90 Å². The van der Waals surface area contributed by atoms with Gasteiger partial charge in [0.05, 0.1) is 6.04 Å². The van der Waals surface area contributed by atoms with Gasteiger partial charge in [-0.15, -0.1) is 0 Å². The maximum Gasteiger partial charge on any atom is 0.303 e. The molecule has 0 aromatic rings. The summed E-state index contributed by atoms with van der Waals surface area (Å²) >= 11 is 0. The second-order valence-corrected chi connectivity index (χ2v) is 4.07. The summed E-state index contributed by atoms with van der Waals surface area (Å²) in [6.45, 7) is 0. The highest BCUT2D eigenvalue weighted by Gasteiger charge is 2.25. The Bertz CT molecular complexity index is 355. The van der Waals surface area contributed by atoms with Crippen molar-refractivity contribution in [2.24, 2.45) is 5.92 Å². The Balaban J connectivity index is 2.01. The van der Waals surface area contributed by atoms with Gasteiger partial charge in [-0.1, -0.05) is 24.3 Å². The van der Waals surface area contributed by atoms with Crippen molar-refractivity contribution in [3.63, 3.8) is 0 Å². The van der Waals surface area contributed by atoms with Gasteiger partial charge in [0.2, 0.25) is 0 Å². The van der Waals surface area contributed by atoms with Crippen LogP contribution in [0.4, 0.5) is 0 Å². The second-order valence-electron chi connectivity index (χ2n) is 4.07. The zero-order valence-electron chi connectivity index (χ0n) is 8.76. The van der Waals surface area contributed by atoms with Gasteiger partial charge in [-0.2, -0.15) is 0 Å². The minimum atomic E-state index is -0.732. The Morgan fingerprint density at radius 2 is 2.33 bits per heavy atom. The van der Waals surface area contributed by atoms with Crippen molar-refractivity contribution in [3.8, 4) is 0 Å². The van der Waals surface area contributed by atoms with Gasteiger partial charge in [0, 0.05) is 19.4 Å². The quantitative estimate of drug-likeness (QED) is 0.763. The van der Waals surface area contributed by atoms with Crippen molar-refractivity contribution in [1.82, 2.24) is 4.90 Å². The van der Waals surface area contributed by atoms with E-state index in [9.17, 15) is 4.79 Å². The smallest absolute Gasteiger partial charge is 0.303 e. The van der Waals surface area contributed by atoms with Crippen molar-refractivity contribution in [3.05, 3.63) is 36.1 Å². The molecule has 0 bridgehead atoms. The highest BCUT2D eigenvalue weighted by molar-refractivity contribution is 5.67. The Morgan fingerprint density at radius 3 is 3.07 bits per heavy atom. The van der Waals surface area contributed by atoms with E-state index in [-0.39, 0.29) is 6.42 Å². The summed E-state index contributed by atoms with van der Waals surface area (Å²) in [6.07, 6.45) is 11.5. The van der Waals surface area contributed by atoms with Crippen LogP contribution in [-0.4, -0.2) is 29.1 Å². The van der Waals surface area contributed by atoms with Crippen molar-refractivity contribution in [2.45, 2.75) is 18.9 Å². The SMILES string of the molecule is CN1C=CC2C=CC(CCC(=O)O)=CC21. The molecular formula is C12H15NO2. The number of rotatable bonds is 3. The van der Waals surface area contributed by atoms with Crippen LogP contribution in [0.3, 0.4) is 0 Å². The van der Waals surface area contributed by atoms with E-state index in [1.54, 1.807) is 0 Å². The lowest BCUT2D eigenvalue weighted by atomic mass is 9.91. The number of carbonyl (C=O) groups is 1. The van der Waals surface area contributed by atoms with E-state index < -0.39 is 5.97 Å². The maximum atomic E-state index is 10.5. The minimum absolute atomic E-state index is 0.213. The topological polar surface area (TPSA) is 40.5 Å². The fraction of sp³-hybridized carbons (Fsp3) is 0.417. The molecule has 80 valence electrons. The number of likely N-dealkylation sites (N-methyl/N-ethyl adjacent to an activating group) is 1. The molecule has 1 N–H and O–H groups in total. The van der Waals surface area contributed by atoms with Gasteiger partial charge in [0.25, 0.3) is 0 Å². The number of nitrogens with zero attached hydrogens (tertiary/aromatic N) is 1. The molecule has 2 rings (SSSR count). The molecule has 2 aliphatic rings.